The van der Waals surface area contributed by atoms with E-state index in [2.05, 4.69) is 32.2 Å². The highest BCUT2D eigenvalue weighted by Crippen LogP contribution is 2.35. The maximum atomic E-state index is 12.7. The van der Waals surface area contributed by atoms with Gasteiger partial charge in [-0.05, 0) is 22.0 Å². The number of amides is 1. The summed E-state index contributed by atoms with van der Waals surface area (Å²) in [5, 5.41) is 10.8. The lowest BCUT2D eigenvalue weighted by atomic mass is 10.2. The molecule has 6 nitrogen and oxygen atoms in total. The number of nitrogens with one attached hydrogen (secondary N) is 1. The second kappa shape index (κ2) is 6.57. The lowest BCUT2D eigenvalue weighted by Gasteiger charge is -2.13. The zero-order valence-corrected chi connectivity index (χ0v) is 11.8. The maximum absolute atomic E-state index is 12.7. The molecule has 0 aliphatic carbocycles. The van der Waals surface area contributed by atoms with Crippen LogP contribution >= 0.6 is 15.9 Å². The van der Waals surface area contributed by atoms with E-state index in [1.54, 1.807) is 0 Å². The quantitative estimate of drug-likeness (QED) is 0.796. The molecule has 21 heavy (non-hydrogen) atoms. The van der Waals surface area contributed by atoms with E-state index < -0.39 is 39.8 Å². The van der Waals surface area contributed by atoms with Crippen LogP contribution in [0.4, 0.5) is 23.8 Å². The van der Waals surface area contributed by atoms with Crippen molar-refractivity contribution in [3.05, 3.63) is 34.5 Å². The van der Waals surface area contributed by atoms with Crippen molar-refractivity contribution in [1.82, 2.24) is 4.98 Å². The molecule has 1 amide bonds. The number of halogens is 4. The first-order chi connectivity index (χ1) is 9.66. The van der Waals surface area contributed by atoms with E-state index in [0.29, 0.717) is 6.07 Å². The number of carboxylic acids is 1. The molecule has 0 aliphatic rings. The van der Waals surface area contributed by atoms with Crippen LogP contribution in [0.25, 0.3) is 0 Å². The Morgan fingerprint density at radius 3 is 2.62 bits per heavy atom. The number of nitrogens with zero attached hydrogens (tertiary/aromatic N) is 1. The van der Waals surface area contributed by atoms with Crippen molar-refractivity contribution in [3.8, 4) is 0 Å². The largest absolute Gasteiger partial charge is 0.478 e. The van der Waals surface area contributed by atoms with Crippen molar-refractivity contribution in [2.45, 2.75) is 6.18 Å². The molecule has 0 atom stereocenters. The second-order valence-corrected chi connectivity index (χ2v) is 4.38. The van der Waals surface area contributed by atoms with Gasteiger partial charge in [-0.1, -0.05) is 12.7 Å². The molecule has 0 spiro atoms. The molecule has 0 saturated heterocycles. The van der Waals surface area contributed by atoms with Crippen LogP contribution in [0, 0.1) is 0 Å². The molecule has 114 valence electrons. The first kappa shape index (κ1) is 17.0. The normalized spacial score (nSPS) is 10.9. The van der Waals surface area contributed by atoms with Gasteiger partial charge in [0.2, 0.25) is 0 Å². The molecule has 1 aromatic rings. The van der Waals surface area contributed by atoms with E-state index >= 15 is 0 Å². The number of hydrogen-bond donors (Lipinski definition) is 2. The predicted molar refractivity (Wildman–Crippen MR) is 69.1 cm³/mol. The molecule has 0 radical (unpaired) electrons. The summed E-state index contributed by atoms with van der Waals surface area (Å²) < 4.78 is 42.0. The summed E-state index contributed by atoms with van der Waals surface area (Å²) in [4.78, 5) is 25.4. The highest BCUT2D eigenvalue weighted by Gasteiger charge is 2.36. The average molecular weight is 369 g/mol. The first-order valence-corrected chi connectivity index (χ1v) is 6.01. The number of pyridine rings is 1. The Balaban J connectivity index is 3.23. The lowest BCUT2D eigenvalue weighted by Crippen LogP contribution is -2.20. The van der Waals surface area contributed by atoms with Gasteiger partial charge in [0.05, 0.1) is 0 Å². The van der Waals surface area contributed by atoms with Crippen molar-refractivity contribution in [3.63, 3.8) is 0 Å². The molecule has 10 heteroatoms. The number of hydrogen-bond acceptors (Lipinski definition) is 4. The molecule has 2 N–H and O–H groups in total. The highest BCUT2D eigenvalue weighted by atomic mass is 79.9. The van der Waals surface area contributed by atoms with E-state index in [9.17, 15) is 22.8 Å². The number of ether oxygens (including phenoxy) is 1. The Morgan fingerprint density at radius 1 is 1.52 bits per heavy atom. The third kappa shape index (κ3) is 4.45. The minimum absolute atomic E-state index is 0.198. The van der Waals surface area contributed by atoms with Gasteiger partial charge in [0.25, 0.3) is 0 Å². The number of alkyl halides is 3. The fourth-order valence-corrected chi connectivity index (χ4v) is 1.76. The van der Waals surface area contributed by atoms with Crippen LogP contribution in [0.2, 0.25) is 0 Å². The van der Waals surface area contributed by atoms with Crippen LogP contribution in [0.3, 0.4) is 0 Å². The summed E-state index contributed by atoms with van der Waals surface area (Å²) in [6, 6.07) is 0.696. The third-order valence-corrected chi connectivity index (χ3v) is 2.63. The van der Waals surface area contributed by atoms with E-state index in [-0.39, 0.29) is 6.61 Å². The van der Waals surface area contributed by atoms with Gasteiger partial charge < -0.3 is 9.84 Å². The average Bonchev–Trinajstić information content (AvgIpc) is 2.36. The van der Waals surface area contributed by atoms with Crippen LogP contribution in [0.15, 0.2) is 23.2 Å². The van der Waals surface area contributed by atoms with Crippen LogP contribution in [-0.2, 0) is 10.9 Å². The molecule has 0 unspecified atom stereocenters. The van der Waals surface area contributed by atoms with Crippen LogP contribution in [-0.4, -0.2) is 28.8 Å². The lowest BCUT2D eigenvalue weighted by molar-refractivity contribution is -0.141. The zero-order chi connectivity index (χ0) is 16.2. The Kier molecular flexibility index (Phi) is 5.30. The van der Waals surface area contributed by atoms with Crippen molar-refractivity contribution < 1.29 is 32.6 Å². The number of carboxylic acid groups (broad SMARTS) is 1. The molecule has 0 aliphatic heterocycles. The SMILES string of the molecule is C=CCOC(=O)Nc1nc(C(F)(F)F)c(Br)cc1C(=O)O. The Labute approximate surface area is 124 Å². The smallest absolute Gasteiger partial charge is 0.434 e. The number of aromatic nitrogens is 1. The molecule has 0 bridgehead atoms. The molecule has 1 rings (SSSR count). The van der Waals surface area contributed by atoms with Gasteiger partial charge in [-0.3, -0.25) is 5.32 Å². The second-order valence-electron chi connectivity index (χ2n) is 3.53. The fourth-order valence-electron chi connectivity index (χ4n) is 1.21. The minimum Gasteiger partial charge on any atom is -0.478 e. The van der Waals surface area contributed by atoms with Gasteiger partial charge in [-0.25, -0.2) is 14.6 Å². The monoisotopic (exact) mass is 368 g/mol. The van der Waals surface area contributed by atoms with Crippen molar-refractivity contribution in [2.24, 2.45) is 0 Å². The summed E-state index contributed by atoms with van der Waals surface area (Å²) in [7, 11) is 0. The number of rotatable bonds is 4. The Hall–Kier alpha value is -2.10. The Morgan fingerprint density at radius 2 is 2.14 bits per heavy atom. The minimum atomic E-state index is -4.82. The molecule has 0 aromatic carbocycles. The summed E-state index contributed by atoms with van der Waals surface area (Å²) in [5.41, 5.74) is -1.99. The predicted octanol–water partition coefficient (Wildman–Crippen LogP) is 3.30. The number of carbonyl (C=O) groups excluding carboxylic acids is 1. The standard InChI is InChI=1S/C11H8BrF3N2O4/c1-2-3-21-10(20)17-8-5(9(18)19)4-6(12)7(16-8)11(13,14)15/h2,4H,1,3H2,(H,18,19)(H,16,17,20). The first-order valence-electron chi connectivity index (χ1n) is 5.22. The molecule has 0 fully saturated rings. The molecular formula is C11H8BrF3N2O4. The summed E-state index contributed by atoms with van der Waals surface area (Å²) >= 11 is 2.59. The molecule has 0 saturated carbocycles. The zero-order valence-electron chi connectivity index (χ0n) is 10.2. The topological polar surface area (TPSA) is 88.5 Å². The highest BCUT2D eigenvalue weighted by molar-refractivity contribution is 9.10. The van der Waals surface area contributed by atoms with E-state index in [1.165, 1.54) is 6.08 Å². The van der Waals surface area contributed by atoms with E-state index in [0.717, 1.165) is 0 Å². The maximum Gasteiger partial charge on any atom is 0.434 e. The van der Waals surface area contributed by atoms with Gasteiger partial charge in [0, 0.05) is 4.47 Å². The number of carbonyl (C=O) groups is 2. The van der Waals surface area contributed by atoms with E-state index in [4.69, 9.17) is 5.11 Å². The summed E-state index contributed by atoms with van der Waals surface area (Å²) in [6.45, 7) is 3.08. The van der Waals surface area contributed by atoms with Gasteiger partial charge in [0.1, 0.15) is 12.2 Å². The van der Waals surface area contributed by atoms with Gasteiger partial charge in [-0.15, -0.1) is 0 Å². The van der Waals surface area contributed by atoms with Gasteiger partial charge in [0.15, 0.2) is 11.5 Å². The van der Waals surface area contributed by atoms with Gasteiger partial charge in [-0.2, -0.15) is 13.2 Å². The summed E-state index contributed by atoms with van der Waals surface area (Å²) in [6.07, 6.45) is -4.74. The number of aromatic carboxylic acids is 1. The molecule has 1 heterocycles. The van der Waals surface area contributed by atoms with E-state index in [1.807, 2.05) is 5.32 Å². The van der Waals surface area contributed by atoms with Crippen LogP contribution in [0.5, 0.6) is 0 Å². The van der Waals surface area contributed by atoms with Crippen molar-refractivity contribution >= 4 is 33.8 Å². The summed E-state index contributed by atoms with van der Waals surface area (Å²) in [5.74, 6) is -2.33. The van der Waals surface area contributed by atoms with Crippen molar-refractivity contribution in [2.75, 3.05) is 11.9 Å². The van der Waals surface area contributed by atoms with Crippen molar-refractivity contribution in [1.29, 1.82) is 0 Å². The fraction of sp³-hybridized carbons (Fsp3) is 0.182. The molecular weight excluding hydrogens is 361 g/mol. The molecule has 1 aromatic heterocycles. The Bertz CT molecular complexity index is 590. The number of anilines is 1. The van der Waals surface area contributed by atoms with Gasteiger partial charge >= 0.3 is 18.2 Å². The van der Waals surface area contributed by atoms with Crippen LogP contribution < -0.4 is 5.32 Å². The third-order valence-electron chi connectivity index (χ3n) is 2.03. The van der Waals surface area contributed by atoms with Crippen LogP contribution in [0.1, 0.15) is 16.1 Å².